The molecule has 9 heteroatoms. The number of piperidine rings is 1. The lowest BCUT2D eigenvalue weighted by Gasteiger charge is -2.30. The summed E-state index contributed by atoms with van der Waals surface area (Å²) in [5.41, 5.74) is 1.51. The normalized spacial score (nSPS) is 15.6. The van der Waals surface area contributed by atoms with Crippen LogP contribution in [0.4, 0.5) is 5.69 Å². The lowest BCUT2D eigenvalue weighted by atomic mass is 9.97. The smallest absolute Gasteiger partial charge is 0.243 e. The summed E-state index contributed by atoms with van der Waals surface area (Å²) in [5, 5.41) is 5.52. The lowest BCUT2D eigenvalue weighted by Crippen LogP contribution is -2.42. The Hall–Kier alpha value is -2.78. The molecule has 29 heavy (non-hydrogen) atoms. The summed E-state index contributed by atoms with van der Waals surface area (Å²) < 4.78 is 27.1. The minimum absolute atomic E-state index is 0.0569. The molecular weight excluding hydrogens is 392 g/mol. The Morgan fingerprint density at radius 2 is 1.69 bits per heavy atom. The van der Waals surface area contributed by atoms with E-state index in [1.807, 2.05) is 12.1 Å². The van der Waals surface area contributed by atoms with Gasteiger partial charge in [-0.1, -0.05) is 0 Å². The van der Waals surface area contributed by atoms with Crippen LogP contribution < -0.4 is 10.6 Å². The molecule has 1 aliphatic heterocycles. The van der Waals surface area contributed by atoms with Gasteiger partial charge < -0.3 is 10.6 Å². The third kappa shape index (κ3) is 5.39. The molecule has 3 rings (SSSR count). The molecule has 0 aliphatic carbocycles. The van der Waals surface area contributed by atoms with Gasteiger partial charge in [0.2, 0.25) is 21.8 Å². The van der Waals surface area contributed by atoms with E-state index in [9.17, 15) is 18.0 Å². The summed E-state index contributed by atoms with van der Waals surface area (Å²) in [6.45, 7) is 2.41. The molecule has 154 valence electrons. The van der Waals surface area contributed by atoms with E-state index in [2.05, 4.69) is 15.6 Å². The Bertz CT molecular complexity index is 954. The Morgan fingerprint density at radius 1 is 1.07 bits per heavy atom. The van der Waals surface area contributed by atoms with Crippen molar-refractivity contribution in [3.8, 4) is 0 Å². The summed E-state index contributed by atoms with van der Waals surface area (Å²) in [5.74, 6) is -0.478. The van der Waals surface area contributed by atoms with E-state index >= 15 is 0 Å². The monoisotopic (exact) mass is 416 g/mol. The maximum atomic E-state index is 12.8. The number of anilines is 1. The summed E-state index contributed by atoms with van der Waals surface area (Å²) in [6, 6.07) is 9.77. The van der Waals surface area contributed by atoms with E-state index in [-0.39, 0.29) is 22.6 Å². The highest BCUT2D eigenvalue weighted by molar-refractivity contribution is 7.89. The summed E-state index contributed by atoms with van der Waals surface area (Å²) in [6.07, 6.45) is 4.30. The highest BCUT2D eigenvalue weighted by Gasteiger charge is 2.32. The predicted molar refractivity (Wildman–Crippen MR) is 108 cm³/mol. The Labute approximate surface area is 170 Å². The van der Waals surface area contributed by atoms with E-state index in [4.69, 9.17) is 0 Å². The van der Waals surface area contributed by atoms with E-state index in [0.29, 0.717) is 38.2 Å². The second-order valence-corrected chi connectivity index (χ2v) is 8.90. The minimum atomic E-state index is -3.63. The largest absolute Gasteiger partial charge is 0.352 e. The second kappa shape index (κ2) is 9.15. The fourth-order valence-corrected chi connectivity index (χ4v) is 4.72. The van der Waals surface area contributed by atoms with Crippen LogP contribution in [0.15, 0.2) is 53.7 Å². The van der Waals surface area contributed by atoms with Crippen LogP contribution in [0.1, 0.15) is 25.3 Å². The third-order valence-corrected chi connectivity index (χ3v) is 6.77. The number of nitrogens with zero attached hydrogens (tertiary/aromatic N) is 2. The molecule has 2 heterocycles. The molecule has 2 amide bonds. The number of hydrogen-bond acceptors (Lipinski definition) is 5. The predicted octanol–water partition coefficient (Wildman–Crippen LogP) is 1.76. The van der Waals surface area contributed by atoms with Gasteiger partial charge in [-0.05, 0) is 54.8 Å². The second-order valence-electron chi connectivity index (χ2n) is 6.96. The molecule has 1 aromatic heterocycles. The third-order valence-electron chi connectivity index (χ3n) is 4.85. The van der Waals surface area contributed by atoms with Gasteiger partial charge in [0.05, 0.1) is 4.90 Å². The molecule has 0 unspecified atom stereocenters. The molecule has 1 aliphatic rings. The zero-order valence-corrected chi connectivity index (χ0v) is 17.0. The van der Waals surface area contributed by atoms with E-state index in [1.165, 1.54) is 23.4 Å². The molecule has 0 bridgehead atoms. The molecule has 1 fully saturated rings. The van der Waals surface area contributed by atoms with Gasteiger partial charge >= 0.3 is 0 Å². The average Bonchev–Trinajstić information content (AvgIpc) is 2.73. The van der Waals surface area contributed by atoms with Crippen molar-refractivity contribution < 1.29 is 18.0 Å². The van der Waals surface area contributed by atoms with Crippen molar-refractivity contribution in [3.05, 3.63) is 54.4 Å². The zero-order chi connectivity index (χ0) is 20.9. The molecule has 0 saturated carbocycles. The molecule has 0 spiro atoms. The number of rotatable bonds is 6. The maximum absolute atomic E-state index is 12.8. The quantitative estimate of drug-likeness (QED) is 0.746. The van der Waals surface area contributed by atoms with Gasteiger partial charge in [-0.2, -0.15) is 4.31 Å². The van der Waals surface area contributed by atoms with Crippen molar-refractivity contribution in [2.75, 3.05) is 18.4 Å². The molecule has 0 radical (unpaired) electrons. The standard InChI is InChI=1S/C20H24N4O4S/c1-15(25)23-18-2-4-19(5-3-18)29(27,28)24-12-8-17(9-13-24)20(26)22-14-16-6-10-21-11-7-16/h2-7,10-11,17H,8-9,12-14H2,1H3,(H,22,26)(H,23,25). The van der Waals surface area contributed by atoms with E-state index in [1.54, 1.807) is 24.5 Å². The molecule has 2 N–H and O–H groups in total. The molecule has 8 nitrogen and oxygen atoms in total. The zero-order valence-electron chi connectivity index (χ0n) is 16.2. The van der Waals surface area contributed by atoms with Crippen molar-refractivity contribution >= 4 is 27.5 Å². The van der Waals surface area contributed by atoms with Crippen LogP contribution in [0.2, 0.25) is 0 Å². The molecule has 1 aromatic carbocycles. The van der Waals surface area contributed by atoms with Crippen molar-refractivity contribution in [1.29, 1.82) is 0 Å². The van der Waals surface area contributed by atoms with E-state index < -0.39 is 10.0 Å². The first-order valence-electron chi connectivity index (χ1n) is 9.40. The fraction of sp³-hybridized carbons (Fsp3) is 0.350. The number of nitrogens with one attached hydrogen (secondary N) is 2. The first-order chi connectivity index (χ1) is 13.9. The number of carbonyl (C=O) groups is 2. The van der Waals surface area contributed by atoms with Crippen LogP contribution in [-0.4, -0.2) is 42.6 Å². The summed E-state index contributed by atoms with van der Waals surface area (Å²) in [7, 11) is -3.63. The van der Waals surface area contributed by atoms with Crippen LogP contribution in [0.3, 0.4) is 0 Å². The van der Waals surface area contributed by atoms with Gasteiger partial charge in [-0.3, -0.25) is 14.6 Å². The van der Waals surface area contributed by atoms with Crippen molar-refractivity contribution in [1.82, 2.24) is 14.6 Å². The Balaban J connectivity index is 1.55. The van der Waals surface area contributed by atoms with Gasteiger partial charge in [-0.15, -0.1) is 0 Å². The number of hydrogen-bond donors (Lipinski definition) is 2. The van der Waals surface area contributed by atoms with Gasteiger partial charge in [-0.25, -0.2) is 8.42 Å². The Morgan fingerprint density at radius 3 is 2.28 bits per heavy atom. The van der Waals surface area contributed by atoms with Crippen LogP contribution in [-0.2, 0) is 26.2 Å². The van der Waals surface area contributed by atoms with Crippen molar-refractivity contribution in [2.45, 2.75) is 31.2 Å². The highest BCUT2D eigenvalue weighted by atomic mass is 32.2. The van der Waals surface area contributed by atoms with Crippen LogP contribution in [0.25, 0.3) is 0 Å². The van der Waals surface area contributed by atoms with Crippen molar-refractivity contribution in [2.24, 2.45) is 5.92 Å². The SMILES string of the molecule is CC(=O)Nc1ccc(S(=O)(=O)N2CCC(C(=O)NCc3ccncc3)CC2)cc1. The molecular formula is C20H24N4O4S. The van der Waals surface area contributed by atoms with Crippen LogP contribution in [0.5, 0.6) is 0 Å². The van der Waals surface area contributed by atoms with Gasteiger partial charge in [0, 0.05) is 50.6 Å². The van der Waals surface area contributed by atoms with Crippen molar-refractivity contribution in [3.63, 3.8) is 0 Å². The topological polar surface area (TPSA) is 108 Å². The van der Waals surface area contributed by atoms with Crippen LogP contribution in [0, 0.1) is 5.92 Å². The van der Waals surface area contributed by atoms with Gasteiger partial charge in [0.1, 0.15) is 0 Å². The Kier molecular flexibility index (Phi) is 6.60. The fourth-order valence-electron chi connectivity index (χ4n) is 3.26. The highest BCUT2D eigenvalue weighted by Crippen LogP contribution is 2.25. The average molecular weight is 417 g/mol. The van der Waals surface area contributed by atoms with E-state index in [0.717, 1.165) is 5.56 Å². The molecule has 0 atom stereocenters. The lowest BCUT2D eigenvalue weighted by molar-refractivity contribution is -0.126. The van der Waals surface area contributed by atoms with Crippen LogP contribution >= 0.6 is 0 Å². The number of carbonyl (C=O) groups excluding carboxylic acids is 2. The summed E-state index contributed by atoms with van der Waals surface area (Å²) >= 11 is 0. The van der Waals surface area contributed by atoms with Gasteiger partial charge in [0.25, 0.3) is 0 Å². The van der Waals surface area contributed by atoms with Gasteiger partial charge in [0.15, 0.2) is 0 Å². The number of pyridine rings is 1. The summed E-state index contributed by atoms with van der Waals surface area (Å²) in [4.78, 5) is 27.6. The molecule has 1 saturated heterocycles. The number of aromatic nitrogens is 1. The first kappa shape index (κ1) is 20.9. The maximum Gasteiger partial charge on any atom is 0.243 e. The first-order valence-corrected chi connectivity index (χ1v) is 10.8. The number of amides is 2. The molecule has 2 aromatic rings. The number of benzene rings is 1. The number of sulfonamides is 1. The minimum Gasteiger partial charge on any atom is -0.352 e.